The molecule has 0 saturated carbocycles. The topological polar surface area (TPSA) is 85.8 Å². The second-order valence-corrected chi connectivity index (χ2v) is 4.77. The van der Waals surface area contributed by atoms with Crippen LogP contribution in [-0.4, -0.2) is 27.7 Å². The van der Waals surface area contributed by atoms with Gasteiger partial charge in [-0.3, -0.25) is 9.78 Å². The van der Waals surface area contributed by atoms with Crippen molar-refractivity contribution in [1.82, 2.24) is 20.1 Å². The molecule has 3 rings (SSSR count). The van der Waals surface area contributed by atoms with Crippen LogP contribution < -0.4 is 11.1 Å². The molecule has 21 heavy (non-hydrogen) atoms. The first-order valence-corrected chi connectivity index (χ1v) is 6.53. The molecule has 6 heteroatoms. The lowest BCUT2D eigenvalue weighted by atomic mass is 10.1. The average Bonchev–Trinajstić information content (AvgIpc) is 2.96. The molecule has 2 heterocycles. The summed E-state index contributed by atoms with van der Waals surface area (Å²) in [5.41, 5.74) is 8.79. The lowest BCUT2D eigenvalue weighted by Gasteiger charge is -2.09. The average molecular weight is 281 g/mol. The summed E-state index contributed by atoms with van der Waals surface area (Å²) in [6.45, 7) is 1.92. The van der Waals surface area contributed by atoms with Gasteiger partial charge < -0.3 is 11.1 Å². The molecule has 0 bridgehead atoms. The number of hydrogen-bond acceptors (Lipinski definition) is 4. The van der Waals surface area contributed by atoms with Crippen LogP contribution in [0.25, 0.3) is 16.5 Å². The molecule has 3 aromatic rings. The highest BCUT2D eigenvalue weighted by Crippen LogP contribution is 2.27. The highest BCUT2D eigenvalue weighted by Gasteiger charge is 2.11. The van der Waals surface area contributed by atoms with Gasteiger partial charge in [-0.1, -0.05) is 0 Å². The molecule has 0 radical (unpaired) electrons. The van der Waals surface area contributed by atoms with Crippen molar-refractivity contribution < 1.29 is 4.79 Å². The highest BCUT2D eigenvalue weighted by molar-refractivity contribution is 5.98. The van der Waals surface area contributed by atoms with E-state index in [4.69, 9.17) is 5.73 Å². The third kappa shape index (κ3) is 2.20. The van der Waals surface area contributed by atoms with Crippen molar-refractivity contribution in [1.29, 1.82) is 0 Å². The molecular formula is C15H15N5O. The Hall–Kier alpha value is -2.89. The predicted octanol–water partition coefficient (Wildman–Crippen LogP) is 1.67. The van der Waals surface area contributed by atoms with Crippen LogP contribution >= 0.6 is 0 Å². The van der Waals surface area contributed by atoms with E-state index in [0.717, 1.165) is 22.2 Å². The zero-order chi connectivity index (χ0) is 15.0. The Balaban J connectivity index is 2.20. The molecule has 0 aliphatic carbocycles. The summed E-state index contributed by atoms with van der Waals surface area (Å²) in [5.74, 6) is -0.216. The van der Waals surface area contributed by atoms with Gasteiger partial charge in [0.05, 0.1) is 5.69 Å². The van der Waals surface area contributed by atoms with Crippen molar-refractivity contribution >= 4 is 22.4 Å². The Morgan fingerprint density at radius 3 is 2.86 bits per heavy atom. The fourth-order valence-electron chi connectivity index (χ4n) is 2.26. The van der Waals surface area contributed by atoms with Crippen molar-refractivity contribution in [2.75, 3.05) is 12.8 Å². The number of hydrogen-bond donors (Lipinski definition) is 2. The molecule has 2 aromatic heterocycles. The molecule has 106 valence electrons. The van der Waals surface area contributed by atoms with Gasteiger partial charge in [-0.15, -0.1) is 0 Å². The number of aryl methyl sites for hydroxylation is 1. The summed E-state index contributed by atoms with van der Waals surface area (Å²) in [4.78, 5) is 15.9. The van der Waals surface area contributed by atoms with E-state index in [9.17, 15) is 4.79 Å². The van der Waals surface area contributed by atoms with Crippen LogP contribution in [0.2, 0.25) is 0 Å². The van der Waals surface area contributed by atoms with Gasteiger partial charge in [0, 0.05) is 41.6 Å². The van der Waals surface area contributed by atoms with Crippen LogP contribution in [0.3, 0.4) is 0 Å². The number of aromatic nitrogens is 3. The lowest BCUT2D eigenvalue weighted by molar-refractivity contribution is 0.0957. The van der Waals surface area contributed by atoms with Gasteiger partial charge in [-0.05, 0) is 31.2 Å². The smallest absolute Gasteiger partial charge is 0.271 e. The molecule has 0 atom stereocenters. The zero-order valence-corrected chi connectivity index (χ0v) is 11.8. The highest BCUT2D eigenvalue weighted by atomic mass is 16.1. The first kappa shape index (κ1) is 13.1. The van der Waals surface area contributed by atoms with Crippen LogP contribution in [0.1, 0.15) is 16.2 Å². The molecule has 6 nitrogen and oxygen atoms in total. The molecule has 3 N–H and O–H groups in total. The van der Waals surface area contributed by atoms with Gasteiger partial charge in [-0.25, -0.2) is 4.68 Å². The van der Waals surface area contributed by atoms with Crippen molar-refractivity contribution in [3.05, 3.63) is 48.0 Å². The fourth-order valence-corrected chi connectivity index (χ4v) is 2.26. The first-order chi connectivity index (χ1) is 10.1. The number of nitrogens with two attached hydrogens (primary N) is 1. The Bertz CT molecular complexity index is 837. The summed E-state index contributed by atoms with van der Waals surface area (Å²) < 4.78 is 1.67. The van der Waals surface area contributed by atoms with Gasteiger partial charge in [-0.2, -0.15) is 5.10 Å². The van der Waals surface area contributed by atoms with Crippen molar-refractivity contribution in [3.8, 4) is 5.69 Å². The van der Waals surface area contributed by atoms with E-state index in [2.05, 4.69) is 15.4 Å². The zero-order valence-electron chi connectivity index (χ0n) is 11.8. The maximum absolute atomic E-state index is 11.6. The van der Waals surface area contributed by atoms with E-state index < -0.39 is 0 Å². The molecule has 0 spiro atoms. The Labute approximate surface area is 121 Å². The molecule has 0 fully saturated rings. The summed E-state index contributed by atoms with van der Waals surface area (Å²) in [6.07, 6.45) is 3.51. The number of fused-ring (bicyclic) bond motifs is 1. The first-order valence-electron chi connectivity index (χ1n) is 6.53. The number of rotatable bonds is 2. The van der Waals surface area contributed by atoms with E-state index in [0.29, 0.717) is 11.4 Å². The molecule has 1 aromatic carbocycles. The number of amides is 1. The molecule has 0 aliphatic rings. The normalized spacial score (nSPS) is 10.8. The Morgan fingerprint density at radius 1 is 1.29 bits per heavy atom. The minimum Gasteiger partial charge on any atom is -0.398 e. The second kappa shape index (κ2) is 4.90. The summed E-state index contributed by atoms with van der Waals surface area (Å²) >= 11 is 0. The number of anilines is 1. The van der Waals surface area contributed by atoms with Gasteiger partial charge in [0.25, 0.3) is 5.91 Å². The van der Waals surface area contributed by atoms with E-state index in [1.54, 1.807) is 30.2 Å². The molecule has 0 aliphatic heterocycles. The third-order valence-corrected chi connectivity index (χ3v) is 3.34. The molecule has 0 saturated heterocycles. The number of nitrogens with one attached hydrogen (secondary N) is 1. The van der Waals surface area contributed by atoms with Crippen LogP contribution in [0.5, 0.6) is 0 Å². The quantitative estimate of drug-likeness (QED) is 0.700. The summed E-state index contributed by atoms with van der Waals surface area (Å²) in [5, 5.41) is 8.68. The maximum Gasteiger partial charge on any atom is 0.271 e. The number of benzene rings is 1. The summed E-state index contributed by atoms with van der Waals surface area (Å²) in [6, 6.07) is 7.34. The van der Waals surface area contributed by atoms with Gasteiger partial charge in [0.15, 0.2) is 5.69 Å². The number of nitrogens with zero attached hydrogens (tertiary/aromatic N) is 3. The predicted molar refractivity (Wildman–Crippen MR) is 81.4 cm³/mol. The van der Waals surface area contributed by atoms with Crippen LogP contribution in [0, 0.1) is 6.92 Å². The number of carbonyl (C=O) groups is 1. The SMILES string of the molecule is CNC(=O)c1ccn(-c2ccc(N)c3cnc(C)cc23)n1. The largest absolute Gasteiger partial charge is 0.398 e. The van der Waals surface area contributed by atoms with E-state index in [-0.39, 0.29) is 5.91 Å². The monoisotopic (exact) mass is 281 g/mol. The van der Waals surface area contributed by atoms with E-state index >= 15 is 0 Å². The minimum atomic E-state index is -0.216. The van der Waals surface area contributed by atoms with Gasteiger partial charge in [0.1, 0.15) is 0 Å². The van der Waals surface area contributed by atoms with Crippen LogP contribution in [0.15, 0.2) is 36.7 Å². The van der Waals surface area contributed by atoms with E-state index in [1.807, 2.05) is 25.1 Å². The standard InChI is InChI=1S/C15H15N5O/c1-9-7-10-11(8-18-9)12(16)3-4-14(10)20-6-5-13(19-20)15(21)17-2/h3-8H,16H2,1-2H3,(H,17,21). The van der Waals surface area contributed by atoms with Gasteiger partial charge in [0.2, 0.25) is 0 Å². The number of nitrogen functional groups attached to an aromatic ring is 1. The van der Waals surface area contributed by atoms with Crippen molar-refractivity contribution in [3.63, 3.8) is 0 Å². The number of pyridine rings is 1. The van der Waals surface area contributed by atoms with Crippen molar-refractivity contribution in [2.45, 2.75) is 6.92 Å². The Kier molecular flexibility index (Phi) is 3.06. The third-order valence-electron chi connectivity index (χ3n) is 3.34. The van der Waals surface area contributed by atoms with Crippen LogP contribution in [0.4, 0.5) is 5.69 Å². The van der Waals surface area contributed by atoms with Gasteiger partial charge >= 0.3 is 0 Å². The molecule has 0 unspecified atom stereocenters. The number of carbonyl (C=O) groups excluding carboxylic acids is 1. The second-order valence-electron chi connectivity index (χ2n) is 4.77. The van der Waals surface area contributed by atoms with Crippen LogP contribution in [-0.2, 0) is 0 Å². The van der Waals surface area contributed by atoms with E-state index in [1.165, 1.54) is 0 Å². The molecular weight excluding hydrogens is 266 g/mol. The maximum atomic E-state index is 11.6. The lowest BCUT2D eigenvalue weighted by Crippen LogP contribution is -2.18. The minimum absolute atomic E-state index is 0.216. The Morgan fingerprint density at radius 2 is 2.10 bits per heavy atom. The molecule has 1 amide bonds. The van der Waals surface area contributed by atoms with Crippen molar-refractivity contribution in [2.24, 2.45) is 0 Å². The summed E-state index contributed by atoms with van der Waals surface area (Å²) in [7, 11) is 1.58. The fraction of sp³-hybridized carbons (Fsp3) is 0.133.